The van der Waals surface area contributed by atoms with Crippen LogP contribution in [0.5, 0.6) is 11.5 Å². The summed E-state index contributed by atoms with van der Waals surface area (Å²) < 4.78 is 13.1. The average molecular weight is 546 g/mol. The van der Waals surface area contributed by atoms with Gasteiger partial charge in [0.2, 0.25) is 0 Å². The second kappa shape index (κ2) is 12.8. The topological polar surface area (TPSA) is 45.5 Å². The molecule has 7 nitrogen and oxygen atoms in total. The standard InChI is InChI=1S/C33H47N5O2/c1-39-30-10-9-29(33(21-30)40-2)24-36-14-6-15-37(25-36)32-22-34-38-18-13-28(20-31(32)38)19-26-11-16-35(17-12-26)23-27-7-4-3-5-8-27/h9-10,13,18,20-22,26-27H,3-8,11-12,14-17,19,23-25H2,1-2H3. The van der Waals surface area contributed by atoms with Gasteiger partial charge in [0.05, 0.1) is 38.3 Å². The number of aromatic nitrogens is 2. The third-order valence-electron chi connectivity index (χ3n) is 9.54. The zero-order chi connectivity index (χ0) is 27.3. The van der Waals surface area contributed by atoms with E-state index >= 15 is 0 Å². The highest BCUT2D eigenvalue weighted by Gasteiger charge is 2.25. The number of hydrogen-bond donors (Lipinski definition) is 0. The molecule has 216 valence electrons. The van der Waals surface area contributed by atoms with Gasteiger partial charge in [0.25, 0.3) is 0 Å². The van der Waals surface area contributed by atoms with E-state index in [4.69, 9.17) is 14.6 Å². The van der Waals surface area contributed by atoms with Gasteiger partial charge in [-0.2, -0.15) is 5.10 Å². The molecule has 0 N–H and O–H groups in total. The molecule has 40 heavy (non-hydrogen) atoms. The minimum atomic E-state index is 0.793. The smallest absolute Gasteiger partial charge is 0.127 e. The number of rotatable bonds is 9. The summed E-state index contributed by atoms with van der Waals surface area (Å²) in [6, 6.07) is 10.8. The molecular formula is C33H47N5O2. The molecule has 6 rings (SSSR count). The van der Waals surface area contributed by atoms with Crippen LogP contribution in [0.3, 0.4) is 0 Å². The fraction of sp³-hybridized carbons (Fsp3) is 0.606. The largest absolute Gasteiger partial charge is 0.497 e. The summed E-state index contributed by atoms with van der Waals surface area (Å²) in [7, 11) is 3.43. The number of fused-ring (bicyclic) bond motifs is 1. The van der Waals surface area contributed by atoms with E-state index in [9.17, 15) is 0 Å². The fourth-order valence-electron chi connectivity index (χ4n) is 7.24. The lowest BCUT2D eigenvalue weighted by Gasteiger charge is -2.36. The Bertz CT molecular complexity index is 1240. The highest BCUT2D eigenvalue weighted by atomic mass is 16.5. The SMILES string of the molecule is COc1ccc(CN2CCCN(c3cnn4ccc(CC5CCN(CC6CCCCC6)CC5)cc34)C2)c(OC)c1. The Morgan fingerprint density at radius 3 is 2.48 bits per heavy atom. The molecule has 0 atom stereocenters. The zero-order valence-corrected chi connectivity index (χ0v) is 24.6. The predicted molar refractivity (Wildman–Crippen MR) is 161 cm³/mol. The van der Waals surface area contributed by atoms with Gasteiger partial charge >= 0.3 is 0 Å². The van der Waals surface area contributed by atoms with Crippen LogP contribution in [0.4, 0.5) is 5.69 Å². The van der Waals surface area contributed by atoms with Crippen molar-refractivity contribution in [1.82, 2.24) is 19.4 Å². The lowest BCUT2D eigenvalue weighted by Crippen LogP contribution is -2.44. The van der Waals surface area contributed by atoms with Gasteiger partial charge in [-0.1, -0.05) is 25.3 Å². The third kappa shape index (κ3) is 6.41. The van der Waals surface area contributed by atoms with E-state index in [0.29, 0.717) is 0 Å². The summed E-state index contributed by atoms with van der Waals surface area (Å²) in [5, 5.41) is 4.72. The molecule has 0 amide bonds. The van der Waals surface area contributed by atoms with Crippen LogP contribution in [0.15, 0.2) is 42.7 Å². The normalized spacial score (nSPS) is 20.3. The third-order valence-corrected chi connectivity index (χ3v) is 9.54. The van der Waals surface area contributed by atoms with Crippen LogP contribution in [-0.2, 0) is 13.0 Å². The quantitative estimate of drug-likeness (QED) is 0.336. The average Bonchev–Trinajstić information content (AvgIpc) is 3.42. The van der Waals surface area contributed by atoms with Crippen LogP contribution in [0.25, 0.3) is 5.52 Å². The van der Waals surface area contributed by atoms with Crippen molar-refractivity contribution < 1.29 is 9.47 Å². The van der Waals surface area contributed by atoms with Crippen molar-refractivity contribution in [1.29, 1.82) is 0 Å². The fourth-order valence-corrected chi connectivity index (χ4v) is 7.24. The van der Waals surface area contributed by atoms with Crippen molar-refractivity contribution in [2.45, 2.75) is 64.3 Å². The van der Waals surface area contributed by atoms with Crippen molar-refractivity contribution >= 4 is 11.2 Å². The molecule has 1 aromatic carbocycles. The van der Waals surface area contributed by atoms with E-state index in [0.717, 1.165) is 56.1 Å². The van der Waals surface area contributed by atoms with Crippen LogP contribution < -0.4 is 14.4 Å². The van der Waals surface area contributed by atoms with Gasteiger partial charge in [0, 0.05) is 44.0 Å². The summed E-state index contributed by atoms with van der Waals surface area (Å²) in [4.78, 5) is 7.76. The molecule has 4 heterocycles. The first kappa shape index (κ1) is 27.4. The molecule has 0 bridgehead atoms. The molecule has 2 aliphatic heterocycles. The molecule has 0 unspecified atom stereocenters. The van der Waals surface area contributed by atoms with Gasteiger partial charge in [-0.3, -0.25) is 4.90 Å². The Morgan fingerprint density at radius 1 is 0.825 bits per heavy atom. The van der Waals surface area contributed by atoms with Crippen molar-refractivity contribution in [2.24, 2.45) is 11.8 Å². The second-order valence-electron chi connectivity index (χ2n) is 12.3. The first-order valence-corrected chi connectivity index (χ1v) is 15.6. The number of hydrogen-bond acceptors (Lipinski definition) is 6. The van der Waals surface area contributed by atoms with Crippen LogP contribution in [0, 0.1) is 11.8 Å². The summed E-state index contributed by atoms with van der Waals surface area (Å²) in [5.74, 6) is 3.46. The maximum absolute atomic E-state index is 5.67. The summed E-state index contributed by atoms with van der Waals surface area (Å²) in [6.07, 6.45) is 16.5. The summed E-state index contributed by atoms with van der Waals surface area (Å²) in [6.45, 7) is 7.79. The number of benzene rings is 1. The molecule has 0 spiro atoms. The van der Waals surface area contributed by atoms with Gasteiger partial charge in [0.15, 0.2) is 0 Å². The summed E-state index contributed by atoms with van der Waals surface area (Å²) in [5.41, 5.74) is 5.13. The van der Waals surface area contributed by atoms with Crippen molar-refractivity contribution in [3.63, 3.8) is 0 Å². The van der Waals surface area contributed by atoms with Crippen molar-refractivity contribution in [2.75, 3.05) is 58.5 Å². The van der Waals surface area contributed by atoms with E-state index in [1.807, 2.05) is 12.1 Å². The first-order valence-electron chi connectivity index (χ1n) is 15.6. The van der Waals surface area contributed by atoms with E-state index in [1.165, 1.54) is 93.3 Å². The molecule has 0 radical (unpaired) electrons. The van der Waals surface area contributed by atoms with E-state index < -0.39 is 0 Å². The Kier molecular flexibility index (Phi) is 8.78. The lowest BCUT2D eigenvalue weighted by molar-refractivity contribution is 0.145. The molecule has 2 aromatic heterocycles. The molecular weight excluding hydrogens is 498 g/mol. The summed E-state index contributed by atoms with van der Waals surface area (Å²) >= 11 is 0. The van der Waals surface area contributed by atoms with Gasteiger partial charge in [-0.25, -0.2) is 4.52 Å². The zero-order valence-electron chi connectivity index (χ0n) is 24.6. The highest BCUT2D eigenvalue weighted by Crippen LogP contribution is 2.31. The molecule has 1 saturated carbocycles. The number of anilines is 1. The van der Waals surface area contributed by atoms with Crippen molar-refractivity contribution in [3.8, 4) is 11.5 Å². The van der Waals surface area contributed by atoms with Gasteiger partial charge in [-0.05, 0) is 87.2 Å². The molecule has 3 fully saturated rings. The molecule has 2 saturated heterocycles. The number of likely N-dealkylation sites (tertiary alicyclic amines) is 1. The monoisotopic (exact) mass is 545 g/mol. The Labute approximate surface area is 240 Å². The van der Waals surface area contributed by atoms with Gasteiger partial charge < -0.3 is 19.3 Å². The van der Waals surface area contributed by atoms with Crippen molar-refractivity contribution in [3.05, 3.63) is 53.9 Å². The number of methoxy groups -OCH3 is 2. The van der Waals surface area contributed by atoms with Crippen LogP contribution in [-0.4, -0.2) is 73.0 Å². The number of nitrogens with zero attached hydrogens (tertiary/aromatic N) is 5. The van der Waals surface area contributed by atoms with Gasteiger partial charge in [-0.15, -0.1) is 0 Å². The van der Waals surface area contributed by atoms with E-state index in [2.05, 4.69) is 49.8 Å². The van der Waals surface area contributed by atoms with Crippen LogP contribution in [0.2, 0.25) is 0 Å². The second-order valence-corrected chi connectivity index (χ2v) is 12.3. The first-order chi connectivity index (χ1) is 19.7. The number of pyridine rings is 1. The maximum atomic E-state index is 5.67. The highest BCUT2D eigenvalue weighted by molar-refractivity contribution is 5.73. The number of ether oxygens (including phenoxy) is 2. The molecule has 7 heteroatoms. The van der Waals surface area contributed by atoms with Crippen LogP contribution in [0.1, 0.15) is 62.5 Å². The Balaban J connectivity index is 1.08. The predicted octanol–water partition coefficient (Wildman–Crippen LogP) is 5.86. The number of piperidine rings is 1. The molecule has 1 aliphatic carbocycles. The molecule has 3 aliphatic rings. The van der Waals surface area contributed by atoms with E-state index in [-0.39, 0.29) is 0 Å². The van der Waals surface area contributed by atoms with Crippen LogP contribution >= 0.6 is 0 Å². The van der Waals surface area contributed by atoms with E-state index in [1.54, 1.807) is 14.2 Å². The lowest BCUT2D eigenvalue weighted by atomic mass is 9.87. The Morgan fingerprint density at radius 2 is 1.68 bits per heavy atom. The Hall–Kier alpha value is -2.77. The minimum absolute atomic E-state index is 0.793. The maximum Gasteiger partial charge on any atom is 0.127 e. The molecule has 3 aromatic rings. The minimum Gasteiger partial charge on any atom is -0.497 e. The van der Waals surface area contributed by atoms with Gasteiger partial charge in [0.1, 0.15) is 11.5 Å².